The van der Waals surface area contributed by atoms with Crippen molar-refractivity contribution in [3.8, 4) is 0 Å². The number of nitrogens with zero attached hydrogens (tertiary/aromatic N) is 3. The van der Waals surface area contributed by atoms with Crippen LogP contribution in [-0.2, 0) is 11.2 Å². The van der Waals surface area contributed by atoms with E-state index in [4.69, 9.17) is 4.74 Å². The topological polar surface area (TPSA) is 71.1 Å². The molecule has 1 aromatic rings. The van der Waals surface area contributed by atoms with Crippen LogP contribution in [0.5, 0.6) is 0 Å². The Balaban J connectivity index is 2.09. The highest BCUT2D eigenvalue weighted by atomic mass is 32.2. The second-order valence-corrected chi connectivity index (χ2v) is 5.62. The second-order valence-electron chi connectivity index (χ2n) is 4.47. The van der Waals surface area contributed by atoms with Gasteiger partial charge >= 0.3 is 0 Å². The standard InChI is InChI=1S/C12H20N4O2S/c1-3-10-13-11(15-14-10)12(17)16(5-6-18-2)9-4-7-19-8-9/h9H,3-8H2,1-2H3,(H,13,14,15). The van der Waals surface area contributed by atoms with E-state index in [1.807, 2.05) is 23.6 Å². The summed E-state index contributed by atoms with van der Waals surface area (Å²) in [5, 5.41) is 6.81. The van der Waals surface area contributed by atoms with E-state index in [0.717, 1.165) is 30.2 Å². The van der Waals surface area contributed by atoms with Crippen molar-refractivity contribution in [3.05, 3.63) is 11.6 Å². The average Bonchev–Trinajstić information content (AvgIpc) is 3.10. The number of carbonyl (C=O) groups is 1. The highest BCUT2D eigenvalue weighted by Gasteiger charge is 2.29. The first-order valence-electron chi connectivity index (χ1n) is 6.55. The number of aromatic nitrogens is 3. The zero-order valence-corrected chi connectivity index (χ0v) is 12.2. The predicted molar refractivity (Wildman–Crippen MR) is 74.4 cm³/mol. The minimum Gasteiger partial charge on any atom is -0.383 e. The maximum atomic E-state index is 12.5. The molecule has 1 N–H and O–H groups in total. The first-order chi connectivity index (χ1) is 9.26. The van der Waals surface area contributed by atoms with E-state index in [0.29, 0.717) is 13.2 Å². The van der Waals surface area contributed by atoms with Gasteiger partial charge in [-0.05, 0) is 12.2 Å². The lowest BCUT2D eigenvalue weighted by Gasteiger charge is -2.27. The Kier molecular flexibility index (Phi) is 5.21. The van der Waals surface area contributed by atoms with Gasteiger partial charge in [0.2, 0.25) is 5.82 Å². The van der Waals surface area contributed by atoms with E-state index in [2.05, 4.69) is 15.2 Å². The van der Waals surface area contributed by atoms with E-state index in [-0.39, 0.29) is 17.8 Å². The Morgan fingerprint density at radius 3 is 3.05 bits per heavy atom. The zero-order chi connectivity index (χ0) is 13.7. The first kappa shape index (κ1) is 14.3. The summed E-state index contributed by atoms with van der Waals surface area (Å²) in [7, 11) is 1.65. The number of methoxy groups -OCH3 is 1. The molecule has 2 rings (SSSR count). The normalized spacial score (nSPS) is 18.7. The van der Waals surface area contributed by atoms with Gasteiger partial charge in [0.05, 0.1) is 6.61 Å². The fourth-order valence-electron chi connectivity index (χ4n) is 2.08. The Morgan fingerprint density at radius 1 is 1.63 bits per heavy atom. The van der Waals surface area contributed by atoms with E-state index in [1.165, 1.54) is 0 Å². The zero-order valence-electron chi connectivity index (χ0n) is 11.4. The molecule has 0 aromatic carbocycles. The summed E-state index contributed by atoms with van der Waals surface area (Å²) in [6, 6.07) is 0.274. The number of aryl methyl sites for hydroxylation is 1. The predicted octanol–water partition coefficient (Wildman–Crippen LogP) is 0.961. The Hall–Kier alpha value is -1.08. The summed E-state index contributed by atoms with van der Waals surface area (Å²) in [6.45, 7) is 3.11. The average molecular weight is 284 g/mol. The van der Waals surface area contributed by atoms with Gasteiger partial charge < -0.3 is 9.64 Å². The van der Waals surface area contributed by atoms with Crippen molar-refractivity contribution in [2.75, 3.05) is 31.8 Å². The van der Waals surface area contributed by atoms with Gasteiger partial charge in [-0.15, -0.1) is 5.10 Å². The molecule has 0 radical (unpaired) electrons. The van der Waals surface area contributed by atoms with Gasteiger partial charge in [-0.1, -0.05) is 6.92 Å². The Labute approximate surface area is 117 Å². The Morgan fingerprint density at radius 2 is 2.47 bits per heavy atom. The maximum Gasteiger partial charge on any atom is 0.293 e. The van der Waals surface area contributed by atoms with Crippen LogP contribution in [0.2, 0.25) is 0 Å². The summed E-state index contributed by atoms with van der Waals surface area (Å²) in [6.07, 6.45) is 1.78. The molecule has 1 atom stereocenters. The van der Waals surface area contributed by atoms with Gasteiger partial charge in [0.25, 0.3) is 5.91 Å². The van der Waals surface area contributed by atoms with Crippen molar-refractivity contribution in [3.63, 3.8) is 0 Å². The third-order valence-corrected chi connectivity index (χ3v) is 4.35. The van der Waals surface area contributed by atoms with Crippen molar-refractivity contribution in [1.82, 2.24) is 20.1 Å². The van der Waals surface area contributed by atoms with Crippen molar-refractivity contribution in [2.24, 2.45) is 0 Å². The fraction of sp³-hybridized carbons (Fsp3) is 0.750. The van der Waals surface area contributed by atoms with Gasteiger partial charge in [0.1, 0.15) is 5.82 Å². The van der Waals surface area contributed by atoms with Crippen LogP contribution in [-0.4, -0.2) is 63.8 Å². The lowest BCUT2D eigenvalue weighted by atomic mass is 10.2. The van der Waals surface area contributed by atoms with E-state index in [1.54, 1.807) is 7.11 Å². The molecule has 1 aromatic heterocycles. The molecule has 2 heterocycles. The van der Waals surface area contributed by atoms with Crippen LogP contribution in [0, 0.1) is 0 Å². The summed E-state index contributed by atoms with van der Waals surface area (Å²) in [4.78, 5) is 18.6. The third-order valence-electron chi connectivity index (χ3n) is 3.20. The van der Waals surface area contributed by atoms with Crippen LogP contribution in [0.25, 0.3) is 0 Å². The SMILES string of the molecule is CCc1nc(C(=O)N(CCOC)C2CCSC2)n[nH]1. The molecule has 6 nitrogen and oxygen atoms in total. The van der Waals surface area contributed by atoms with Crippen LogP contribution in [0.4, 0.5) is 0 Å². The third kappa shape index (κ3) is 3.48. The van der Waals surface area contributed by atoms with Gasteiger partial charge in [-0.25, -0.2) is 4.98 Å². The minimum atomic E-state index is -0.0968. The lowest BCUT2D eigenvalue weighted by Crippen LogP contribution is -2.42. The lowest BCUT2D eigenvalue weighted by molar-refractivity contribution is 0.0613. The molecule has 19 heavy (non-hydrogen) atoms. The summed E-state index contributed by atoms with van der Waals surface area (Å²) < 4.78 is 5.09. The molecular weight excluding hydrogens is 264 g/mol. The van der Waals surface area contributed by atoms with E-state index in [9.17, 15) is 4.79 Å². The summed E-state index contributed by atoms with van der Waals surface area (Å²) >= 11 is 1.88. The molecule has 106 valence electrons. The summed E-state index contributed by atoms with van der Waals surface area (Å²) in [5.41, 5.74) is 0. The smallest absolute Gasteiger partial charge is 0.293 e. The number of H-pyrrole nitrogens is 1. The number of aromatic amines is 1. The molecule has 1 unspecified atom stereocenters. The largest absolute Gasteiger partial charge is 0.383 e. The van der Waals surface area contributed by atoms with Crippen LogP contribution in [0.1, 0.15) is 29.8 Å². The second kappa shape index (κ2) is 6.91. The number of nitrogens with one attached hydrogen (secondary N) is 1. The molecule has 1 aliphatic rings. The molecule has 0 bridgehead atoms. The molecule has 7 heteroatoms. The van der Waals surface area contributed by atoms with Crippen molar-refractivity contribution in [2.45, 2.75) is 25.8 Å². The van der Waals surface area contributed by atoms with Gasteiger partial charge in [-0.3, -0.25) is 9.89 Å². The van der Waals surface area contributed by atoms with Crippen LogP contribution in [0.15, 0.2) is 0 Å². The van der Waals surface area contributed by atoms with Crippen LogP contribution in [0.3, 0.4) is 0 Å². The molecule has 1 aliphatic heterocycles. The molecular formula is C12H20N4O2S. The monoisotopic (exact) mass is 284 g/mol. The van der Waals surface area contributed by atoms with Crippen molar-refractivity contribution < 1.29 is 9.53 Å². The quantitative estimate of drug-likeness (QED) is 0.842. The minimum absolute atomic E-state index is 0.0968. The van der Waals surface area contributed by atoms with E-state index >= 15 is 0 Å². The molecule has 0 aliphatic carbocycles. The number of rotatable bonds is 6. The molecule has 0 spiro atoms. The van der Waals surface area contributed by atoms with Crippen molar-refractivity contribution in [1.29, 1.82) is 0 Å². The summed E-state index contributed by atoms with van der Waals surface area (Å²) in [5.74, 6) is 3.01. The number of hydrogen-bond donors (Lipinski definition) is 1. The molecule has 1 saturated heterocycles. The highest BCUT2D eigenvalue weighted by molar-refractivity contribution is 7.99. The van der Waals surface area contributed by atoms with Gasteiger partial charge in [0.15, 0.2) is 0 Å². The van der Waals surface area contributed by atoms with Gasteiger partial charge in [-0.2, -0.15) is 11.8 Å². The first-order valence-corrected chi connectivity index (χ1v) is 7.70. The van der Waals surface area contributed by atoms with Gasteiger partial charge in [0, 0.05) is 31.9 Å². The highest BCUT2D eigenvalue weighted by Crippen LogP contribution is 2.23. The molecule has 1 amide bonds. The number of ether oxygens (including phenoxy) is 1. The number of carbonyl (C=O) groups excluding carboxylic acids is 1. The number of thioether (sulfide) groups is 1. The van der Waals surface area contributed by atoms with Crippen LogP contribution < -0.4 is 0 Å². The fourth-order valence-corrected chi connectivity index (χ4v) is 3.31. The van der Waals surface area contributed by atoms with Crippen molar-refractivity contribution >= 4 is 17.7 Å². The maximum absolute atomic E-state index is 12.5. The molecule has 1 fully saturated rings. The Bertz CT molecular complexity index is 418. The number of hydrogen-bond acceptors (Lipinski definition) is 5. The van der Waals surface area contributed by atoms with Crippen LogP contribution >= 0.6 is 11.8 Å². The number of amides is 1. The molecule has 0 saturated carbocycles. The van der Waals surface area contributed by atoms with E-state index < -0.39 is 0 Å².